The fourth-order valence-corrected chi connectivity index (χ4v) is 0.219. The molecule has 0 spiro atoms. The highest BCUT2D eigenvalue weighted by atomic mass is 16.5. The Hall–Kier alpha value is -0.530. The van der Waals surface area contributed by atoms with Crippen LogP contribution in [0.1, 0.15) is 32.6 Å². The van der Waals surface area contributed by atoms with E-state index < -0.39 is 24.8 Å². The van der Waals surface area contributed by atoms with Crippen molar-refractivity contribution in [3.63, 3.8) is 0 Å². The van der Waals surface area contributed by atoms with Crippen LogP contribution in [-0.2, 0) is 9.53 Å². The molecular formula is C7H14O2. The molecule has 0 aliphatic rings. The van der Waals surface area contributed by atoms with Crippen molar-refractivity contribution in [2.75, 3.05) is 6.56 Å². The molecule has 0 aliphatic heterocycles. The van der Waals surface area contributed by atoms with Crippen LogP contribution in [0.5, 0.6) is 0 Å². The second kappa shape index (κ2) is 4.36. The zero-order chi connectivity index (χ0) is 10.9. The molecule has 0 saturated carbocycles. The molecule has 0 aromatic carbocycles. The van der Waals surface area contributed by atoms with Crippen molar-refractivity contribution in [3.8, 4) is 0 Å². The monoisotopic (exact) mass is 134 g/mol. The Morgan fingerprint density at radius 2 is 2.33 bits per heavy atom. The number of ether oxygens (including phenoxy) is 1. The van der Waals surface area contributed by atoms with Gasteiger partial charge in [-0.2, -0.15) is 0 Å². The second-order valence-corrected chi connectivity index (χ2v) is 1.99. The van der Waals surface area contributed by atoms with Crippen LogP contribution >= 0.6 is 0 Å². The molecule has 2 nitrogen and oxygen atoms in total. The maximum atomic E-state index is 10.5. The van der Waals surface area contributed by atoms with Crippen LogP contribution < -0.4 is 0 Å². The molecular weight excluding hydrogens is 116 g/mol. The van der Waals surface area contributed by atoms with Crippen LogP contribution in [0.4, 0.5) is 0 Å². The van der Waals surface area contributed by atoms with Crippen molar-refractivity contribution in [1.29, 1.82) is 0 Å². The standard InChI is InChI=1S/C7H14O2/c1-6(2)4-5-9-7(3)8/h6H,4-5H2,1-3H3/i4D2,5D2. The first-order valence-electron chi connectivity index (χ1n) is 4.81. The van der Waals surface area contributed by atoms with Crippen LogP contribution in [-0.4, -0.2) is 12.5 Å². The molecule has 2 heteroatoms. The average Bonchev–Trinajstić information content (AvgIpc) is 1.83. The molecule has 0 fully saturated rings. The minimum Gasteiger partial charge on any atom is -0.466 e. The highest BCUT2D eigenvalue weighted by Gasteiger charge is 1.94. The zero-order valence-electron chi connectivity index (χ0n) is 9.89. The smallest absolute Gasteiger partial charge is 0.302 e. The third kappa shape index (κ3) is 7.47. The Morgan fingerprint density at radius 1 is 1.78 bits per heavy atom. The van der Waals surface area contributed by atoms with Crippen molar-refractivity contribution >= 4 is 5.97 Å². The topological polar surface area (TPSA) is 26.3 Å². The van der Waals surface area contributed by atoms with E-state index in [1.807, 2.05) is 0 Å². The summed E-state index contributed by atoms with van der Waals surface area (Å²) in [6, 6.07) is 0. The van der Waals surface area contributed by atoms with E-state index in [9.17, 15) is 4.79 Å². The third-order valence-corrected chi connectivity index (χ3v) is 0.542. The predicted octanol–water partition coefficient (Wildman–Crippen LogP) is 1.60. The van der Waals surface area contributed by atoms with Crippen molar-refractivity contribution in [2.24, 2.45) is 5.92 Å². The van der Waals surface area contributed by atoms with Gasteiger partial charge in [-0.3, -0.25) is 4.79 Å². The molecule has 54 valence electrons. The molecule has 0 bridgehead atoms. The first kappa shape index (κ1) is 3.59. The van der Waals surface area contributed by atoms with E-state index in [0.29, 0.717) is 0 Å². The number of hydrogen-bond acceptors (Lipinski definition) is 2. The summed E-state index contributed by atoms with van der Waals surface area (Å²) in [7, 11) is 0. The molecule has 9 heavy (non-hydrogen) atoms. The van der Waals surface area contributed by atoms with Gasteiger partial charge in [0.25, 0.3) is 0 Å². The summed E-state index contributed by atoms with van der Waals surface area (Å²) >= 11 is 0. The van der Waals surface area contributed by atoms with Crippen molar-refractivity contribution in [3.05, 3.63) is 0 Å². The first-order valence-corrected chi connectivity index (χ1v) is 2.81. The van der Waals surface area contributed by atoms with Gasteiger partial charge in [0, 0.05) is 9.67 Å². The van der Waals surface area contributed by atoms with Crippen LogP contribution in [0, 0.1) is 5.92 Å². The number of hydrogen-bond donors (Lipinski definition) is 0. The molecule has 0 unspecified atom stereocenters. The lowest BCUT2D eigenvalue weighted by atomic mass is 10.1. The molecule has 0 heterocycles. The number of carbonyl (C=O) groups is 1. The Kier molecular flexibility index (Phi) is 1.74. The van der Waals surface area contributed by atoms with Crippen molar-refractivity contribution in [1.82, 2.24) is 0 Å². The summed E-state index contributed by atoms with van der Waals surface area (Å²) < 4.78 is 33.5. The van der Waals surface area contributed by atoms with E-state index in [1.54, 1.807) is 0 Å². The average molecular weight is 134 g/mol. The van der Waals surface area contributed by atoms with E-state index in [0.717, 1.165) is 6.92 Å². The highest BCUT2D eigenvalue weighted by molar-refractivity contribution is 5.65. The van der Waals surface area contributed by atoms with Crippen molar-refractivity contribution < 1.29 is 15.0 Å². The summed E-state index contributed by atoms with van der Waals surface area (Å²) in [4.78, 5) is 10.5. The van der Waals surface area contributed by atoms with Gasteiger partial charge in [0.2, 0.25) is 0 Å². The van der Waals surface area contributed by atoms with Crippen molar-refractivity contribution in [2.45, 2.75) is 27.1 Å². The fourth-order valence-electron chi connectivity index (χ4n) is 0.219. The van der Waals surface area contributed by atoms with E-state index in [1.165, 1.54) is 13.8 Å². The number of rotatable bonds is 3. The summed E-state index contributed by atoms with van der Waals surface area (Å²) in [5, 5.41) is 0. The fraction of sp³-hybridized carbons (Fsp3) is 0.857. The normalized spacial score (nSPS) is 19.6. The van der Waals surface area contributed by atoms with Gasteiger partial charge in [-0.1, -0.05) is 13.8 Å². The van der Waals surface area contributed by atoms with Crippen LogP contribution in [0.2, 0.25) is 0 Å². The molecule has 0 radical (unpaired) electrons. The Morgan fingerprint density at radius 3 is 2.67 bits per heavy atom. The lowest BCUT2D eigenvalue weighted by Crippen LogP contribution is -2.02. The summed E-state index contributed by atoms with van der Waals surface area (Å²) in [6.07, 6.45) is -2.18. The molecule has 0 amide bonds. The van der Waals surface area contributed by atoms with Gasteiger partial charge in [-0.15, -0.1) is 0 Å². The summed E-state index contributed by atoms with van der Waals surface area (Å²) in [5.41, 5.74) is 0. The SMILES string of the molecule is [2H]C([2H])(OC(C)=O)C([2H])([2H])C(C)C. The molecule has 0 aromatic heterocycles. The predicted molar refractivity (Wildman–Crippen MR) is 36.1 cm³/mol. The van der Waals surface area contributed by atoms with Crippen LogP contribution in [0.15, 0.2) is 0 Å². The highest BCUT2D eigenvalue weighted by Crippen LogP contribution is 1.98. The maximum Gasteiger partial charge on any atom is 0.302 e. The molecule has 0 aromatic rings. The van der Waals surface area contributed by atoms with Gasteiger partial charge in [0.15, 0.2) is 0 Å². The maximum absolute atomic E-state index is 10.5. The van der Waals surface area contributed by atoms with Gasteiger partial charge in [0.1, 0.15) is 0 Å². The lowest BCUT2D eigenvalue weighted by Gasteiger charge is -2.02. The van der Waals surface area contributed by atoms with Gasteiger partial charge < -0.3 is 4.74 Å². The number of carbonyl (C=O) groups excluding carboxylic acids is 1. The molecule has 0 saturated heterocycles. The Balaban J connectivity index is 4.70. The van der Waals surface area contributed by atoms with Gasteiger partial charge >= 0.3 is 5.97 Å². The van der Waals surface area contributed by atoms with Crippen LogP contribution in [0.25, 0.3) is 0 Å². The Bertz CT molecular complexity index is 201. The molecule has 0 N–H and O–H groups in total. The first-order chi connectivity index (χ1) is 5.61. The van der Waals surface area contributed by atoms with E-state index in [-0.39, 0.29) is 0 Å². The third-order valence-electron chi connectivity index (χ3n) is 0.542. The minimum atomic E-state index is -2.58. The van der Waals surface area contributed by atoms with Gasteiger partial charge in [0.05, 0.1) is 9.30 Å². The number of esters is 1. The van der Waals surface area contributed by atoms with E-state index in [2.05, 4.69) is 4.74 Å². The quantitative estimate of drug-likeness (QED) is 0.548. The molecule has 0 aliphatic carbocycles. The summed E-state index contributed by atoms with van der Waals surface area (Å²) in [5.74, 6) is -1.39. The molecule has 0 atom stereocenters. The Labute approximate surface area is 61.8 Å². The van der Waals surface area contributed by atoms with Gasteiger partial charge in [-0.25, -0.2) is 0 Å². The molecule has 0 rings (SSSR count). The van der Waals surface area contributed by atoms with E-state index in [4.69, 9.17) is 5.48 Å². The summed E-state index contributed by atoms with van der Waals surface area (Å²) in [6.45, 7) is 1.53. The minimum absolute atomic E-state index is 0.568. The lowest BCUT2D eigenvalue weighted by molar-refractivity contribution is -0.141. The van der Waals surface area contributed by atoms with Gasteiger partial charge in [-0.05, 0) is 12.3 Å². The van der Waals surface area contributed by atoms with Crippen LogP contribution in [0.3, 0.4) is 0 Å². The second-order valence-electron chi connectivity index (χ2n) is 1.99. The van der Waals surface area contributed by atoms with E-state index >= 15 is 0 Å². The largest absolute Gasteiger partial charge is 0.466 e. The zero-order valence-corrected chi connectivity index (χ0v) is 5.89.